The summed E-state index contributed by atoms with van der Waals surface area (Å²) in [5, 5.41) is 0. The van der Waals surface area contributed by atoms with Gasteiger partial charge in [-0.3, -0.25) is 9.59 Å². The van der Waals surface area contributed by atoms with Crippen molar-refractivity contribution in [2.75, 3.05) is 0 Å². The van der Waals surface area contributed by atoms with E-state index in [-0.39, 0.29) is 0 Å². The van der Waals surface area contributed by atoms with E-state index in [1.165, 1.54) is 25.7 Å². The molecule has 114 valence electrons. The number of carbonyl (C=O) groups is 2. The van der Waals surface area contributed by atoms with E-state index in [1.54, 1.807) is 0 Å². The lowest BCUT2D eigenvalue weighted by atomic mass is 9.67. The molecule has 0 radical (unpaired) electrons. The zero-order valence-corrected chi connectivity index (χ0v) is 13.0. The zero-order valence-electron chi connectivity index (χ0n) is 13.0. The van der Waals surface area contributed by atoms with Gasteiger partial charge in [0.2, 0.25) is 0 Å². The Labute approximate surface area is 123 Å². The van der Waals surface area contributed by atoms with Crippen LogP contribution in [0.25, 0.3) is 0 Å². The van der Waals surface area contributed by atoms with E-state index in [0.29, 0.717) is 11.6 Å². The lowest BCUT2D eigenvalue weighted by molar-refractivity contribution is -0.122. The molecule has 0 saturated heterocycles. The molecular formula is C18H30O2. The third-order valence-electron chi connectivity index (χ3n) is 5.53. The Morgan fingerprint density at radius 2 is 1.30 bits per heavy atom. The van der Waals surface area contributed by atoms with Crippen LogP contribution in [0.4, 0.5) is 0 Å². The normalized spacial score (nSPS) is 22.7. The van der Waals surface area contributed by atoms with Gasteiger partial charge in [-0.05, 0) is 49.9 Å². The first kappa shape index (κ1) is 15.7. The number of unbranched alkanes of at least 4 members (excludes halogenated alkanes) is 2. The molecule has 0 aromatic heterocycles. The maximum absolute atomic E-state index is 11.5. The molecule has 0 aliphatic heterocycles. The molecule has 0 aromatic rings. The fraction of sp³-hybridized carbons (Fsp3) is 0.889. The van der Waals surface area contributed by atoms with Crippen LogP contribution in [0.1, 0.15) is 84.0 Å². The molecule has 0 amide bonds. The van der Waals surface area contributed by atoms with Gasteiger partial charge in [-0.15, -0.1) is 0 Å². The summed E-state index contributed by atoms with van der Waals surface area (Å²) in [6, 6.07) is 0. The molecule has 2 aliphatic carbocycles. The van der Waals surface area contributed by atoms with E-state index in [0.717, 1.165) is 69.1 Å². The maximum atomic E-state index is 11.5. The van der Waals surface area contributed by atoms with Gasteiger partial charge in [0.15, 0.2) is 0 Å². The minimum Gasteiger partial charge on any atom is -0.300 e. The van der Waals surface area contributed by atoms with Gasteiger partial charge < -0.3 is 0 Å². The molecule has 0 aromatic carbocycles. The van der Waals surface area contributed by atoms with E-state index in [1.807, 2.05) is 0 Å². The summed E-state index contributed by atoms with van der Waals surface area (Å²) >= 11 is 0. The molecule has 2 rings (SSSR count). The summed E-state index contributed by atoms with van der Waals surface area (Å²) in [6.45, 7) is 2.26. The van der Waals surface area contributed by atoms with Crippen LogP contribution in [0.3, 0.4) is 0 Å². The Hall–Kier alpha value is -0.660. The van der Waals surface area contributed by atoms with Gasteiger partial charge in [0.25, 0.3) is 0 Å². The summed E-state index contributed by atoms with van der Waals surface area (Å²) in [5.41, 5.74) is 0. The molecule has 0 atom stereocenters. The molecule has 0 N–H and O–H groups in total. The molecule has 0 unspecified atom stereocenters. The SMILES string of the molecule is CCCCCC(C1CCC(=O)CC1)C1CCC(=O)CC1. The van der Waals surface area contributed by atoms with Crippen molar-refractivity contribution < 1.29 is 9.59 Å². The summed E-state index contributed by atoms with van der Waals surface area (Å²) in [4.78, 5) is 22.9. The average Bonchev–Trinajstić information content (AvgIpc) is 2.46. The molecule has 0 spiro atoms. The molecule has 0 bridgehead atoms. The lowest BCUT2D eigenvalue weighted by Crippen LogP contribution is -2.30. The standard InChI is InChI=1S/C18H30O2/c1-2-3-4-5-18(14-6-10-16(19)11-7-14)15-8-12-17(20)13-9-15/h14-15,18H,2-13H2,1H3. The third-order valence-corrected chi connectivity index (χ3v) is 5.53. The van der Waals surface area contributed by atoms with Crippen molar-refractivity contribution in [2.24, 2.45) is 17.8 Å². The van der Waals surface area contributed by atoms with Crippen LogP contribution < -0.4 is 0 Å². The molecule has 2 nitrogen and oxygen atoms in total. The second-order valence-electron chi connectivity index (χ2n) is 6.91. The van der Waals surface area contributed by atoms with Crippen LogP contribution in [0.5, 0.6) is 0 Å². The summed E-state index contributed by atoms with van der Waals surface area (Å²) in [5.74, 6) is 3.22. The van der Waals surface area contributed by atoms with Crippen molar-refractivity contribution >= 4 is 11.6 Å². The first-order valence-electron chi connectivity index (χ1n) is 8.74. The van der Waals surface area contributed by atoms with E-state index in [4.69, 9.17) is 0 Å². The van der Waals surface area contributed by atoms with Gasteiger partial charge in [-0.2, -0.15) is 0 Å². The third kappa shape index (κ3) is 4.43. The van der Waals surface area contributed by atoms with Gasteiger partial charge in [-0.1, -0.05) is 26.2 Å². The monoisotopic (exact) mass is 278 g/mol. The first-order chi connectivity index (χ1) is 9.70. The van der Waals surface area contributed by atoms with Crippen LogP contribution in [0.2, 0.25) is 0 Å². The van der Waals surface area contributed by atoms with Gasteiger partial charge in [0, 0.05) is 25.7 Å². The van der Waals surface area contributed by atoms with Crippen LogP contribution in [-0.4, -0.2) is 11.6 Å². The Kier molecular flexibility index (Phi) is 6.25. The van der Waals surface area contributed by atoms with Gasteiger partial charge in [0.05, 0.1) is 0 Å². The molecule has 20 heavy (non-hydrogen) atoms. The number of carbonyl (C=O) groups excluding carboxylic acids is 2. The molecule has 2 fully saturated rings. The first-order valence-corrected chi connectivity index (χ1v) is 8.74. The largest absolute Gasteiger partial charge is 0.300 e. The number of hydrogen-bond acceptors (Lipinski definition) is 2. The minimum absolute atomic E-state index is 0.465. The van der Waals surface area contributed by atoms with E-state index < -0.39 is 0 Å². The summed E-state index contributed by atoms with van der Waals surface area (Å²) in [6.07, 6.45) is 12.9. The summed E-state index contributed by atoms with van der Waals surface area (Å²) < 4.78 is 0. The van der Waals surface area contributed by atoms with E-state index in [9.17, 15) is 9.59 Å². The Morgan fingerprint density at radius 1 is 0.850 bits per heavy atom. The highest BCUT2D eigenvalue weighted by Gasteiger charge is 2.33. The number of rotatable bonds is 6. The van der Waals surface area contributed by atoms with Crippen molar-refractivity contribution in [2.45, 2.75) is 84.0 Å². The Balaban J connectivity index is 1.92. The fourth-order valence-corrected chi connectivity index (χ4v) is 4.27. The molecule has 2 aliphatic rings. The topological polar surface area (TPSA) is 34.1 Å². The van der Waals surface area contributed by atoms with Crippen molar-refractivity contribution in [3.63, 3.8) is 0 Å². The maximum Gasteiger partial charge on any atom is 0.132 e. The van der Waals surface area contributed by atoms with Crippen molar-refractivity contribution in [3.05, 3.63) is 0 Å². The fourth-order valence-electron chi connectivity index (χ4n) is 4.27. The van der Waals surface area contributed by atoms with Crippen LogP contribution >= 0.6 is 0 Å². The highest BCUT2D eigenvalue weighted by Crippen LogP contribution is 2.41. The quantitative estimate of drug-likeness (QED) is 0.660. The van der Waals surface area contributed by atoms with Crippen LogP contribution in [-0.2, 0) is 9.59 Å². The summed E-state index contributed by atoms with van der Waals surface area (Å²) in [7, 11) is 0. The average molecular weight is 278 g/mol. The zero-order chi connectivity index (χ0) is 14.4. The predicted octanol–water partition coefficient (Wildman–Crippen LogP) is 4.70. The van der Waals surface area contributed by atoms with E-state index in [2.05, 4.69) is 6.92 Å². The molecule has 2 saturated carbocycles. The number of ketones is 2. The van der Waals surface area contributed by atoms with Gasteiger partial charge in [0.1, 0.15) is 11.6 Å². The van der Waals surface area contributed by atoms with Crippen molar-refractivity contribution in [1.82, 2.24) is 0 Å². The second kappa shape index (κ2) is 7.95. The Bertz CT molecular complexity index is 286. The van der Waals surface area contributed by atoms with Crippen LogP contribution in [0.15, 0.2) is 0 Å². The van der Waals surface area contributed by atoms with Crippen molar-refractivity contribution in [3.8, 4) is 0 Å². The second-order valence-corrected chi connectivity index (χ2v) is 6.91. The lowest BCUT2D eigenvalue weighted by Gasteiger charge is -2.37. The Morgan fingerprint density at radius 3 is 1.70 bits per heavy atom. The van der Waals surface area contributed by atoms with Gasteiger partial charge in [-0.25, -0.2) is 0 Å². The minimum atomic E-state index is 0.465. The van der Waals surface area contributed by atoms with Crippen molar-refractivity contribution in [1.29, 1.82) is 0 Å². The smallest absolute Gasteiger partial charge is 0.132 e. The highest BCUT2D eigenvalue weighted by molar-refractivity contribution is 5.79. The molecule has 0 heterocycles. The number of Topliss-reactive ketones (excluding diaryl/α,β-unsaturated/α-hetero) is 2. The molecule has 2 heteroatoms. The van der Waals surface area contributed by atoms with E-state index >= 15 is 0 Å². The number of hydrogen-bond donors (Lipinski definition) is 0. The van der Waals surface area contributed by atoms with Gasteiger partial charge >= 0.3 is 0 Å². The highest BCUT2D eigenvalue weighted by atomic mass is 16.1. The predicted molar refractivity (Wildman–Crippen MR) is 81.6 cm³/mol. The van der Waals surface area contributed by atoms with Crippen LogP contribution in [0, 0.1) is 17.8 Å². The molecular weight excluding hydrogens is 248 g/mol.